The van der Waals surface area contributed by atoms with Gasteiger partial charge in [-0.15, -0.1) is 9.24 Å². The largest absolute Gasteiger partial charge is 0.133 e. The Bertz CT molecular complexity index is 669. The third-order valence-corrected chi connectivity index (χ3v) is 3.74. The first-order valence-electron chi connectivity index (χ1n) is 6.15. The van der Waals surface area contributed by atoms with E-state index in [0.717, 1.165) is 6.16 Å². The highest BCUT2D eigenvalue weighted by Crippen LogP contribution is 2.25. The molecule has 0 N–H and O–H groups in total. The number of benzene rings is 3. The summed E-state index contributed by atoms with van der Waals surface area (Å²) in [5.41, 5.74) is 3.91. The molecule has 0 radical (unpaired) electrons. The standard InChI is InChI=1S/C17H15P/c18-12-13-5-7-15(8-6-13)17-10-9-14-3-1-2-4-16(14)11-17/h1-11H,12,18H2. The third-order valence-electron chi connectivity index (χ3n) is 3.27. The maximum Gasteiger partial charge on any atom is -0.0128 e. The Morgan fingerprint density at radius 3 is 2.06 bits per heavy atom. The van der Waals surface area contributed by atoms with Gasteiger partial charge in [-0.2, -0.15) is 0 Å². The van der Waals surface area contributed by atoms with E-state index >= 15 is 0 Å². The van der Waals surface area contributed by atoms with Gasteiger partial charge in [-0.05, 0) is 39.7 Å². The van der Waals surface area contributed by atoms with Crippen LogP contribution in [0.4, 0.5) is 0 Å². The number of fused-ring (bicyclic) bond motifs is 1. The van der Waals surface area contributed by atoms with Gasteiger partial charge in [-0.3, -0.25) is 0 Å². The fraction of sp³-hybridized carbons (Fsp3) is 0.0588. The van der Waals surface area contributed by atoms with Gasteiger partial charge >= 0.3 is 0 Å². The molecule has 0 heterocycles. The van der Waals surface area contributed by atoms with Crippen LogP contribution in [0.15, 0.2) is 66.7 Å². The van der Waals surface area contributed by atoms with Gasteiger partial charge in [-0.25, -0.2) is 0 Å². The van der Waals surface area contributed by atoms with E-state index in [4.69, 9.17) is 0 Å². The van der Waals surface area contributed by atoms with Crippen molar-refractivity contribution in [2.75, 3.05) is 0 Å². The molecule has 3 aromatic rings. The van der Waals surface area contributed by atoms with Crippen molar-refractivity contribution >= 4 is 20.0 Å². The molecule has 0 aromatic heterocycles. The van der Waals surface area contributed by atoms with E-state index in [2.05, 4.69) is 76.0 Å². The molecule has 0 spiro atoms. The molecule has 0 aliphatic heterocycles. The maximum absolute atomic E-state index is 2.76. The number of hydrogen-bond donors (Lipinski definition) is 0. The fourth-order valence-corrected chi connectivity index (χ4v) is 2.47. The molecule has 0 saturated carbocycles. The average Bonchev–Trinajstić information content (AvgIpc) is 2.47. The molecule has 3 rings (SSSR count). The van der Waals surface area contributed by atoms with Crippen molar-refractivity contribution in [3.63, 3.8) is 0 Å². The van der Waals surface area contributed by atoms with Crippen LogP contribution in [0.2, 0.25) is 0 Å². The van der Waals surface area contributed by atoms with Crippen molar-refractivity contribution in [3.05, 3.63) is 72.3 Å². The van der Waals surface area contributed by atoms with Gasteiger partial charge in [0, 0.05) is 0 Å². The molecule has 88 valence electrons. The summed E-state index contributed by atoms with van der Waals surface area (Å²) >= 11 is 0. The molecule has 1 atom stereocenters. The van der Waals surface area contributed by atoms with Crippen molar-refractivity contribution in [1.82, 2.24) is 0 Å². The van der Waals surface area contributed by atoms with E-state index < -0.39 is 0 Å². The van der Waals surface area contributed by atoms with Crippen LogP contribution in [-0.4, -0.2) is 0 Å². The predicted molar refractivity (Wildman–Crippen MR) is 82.8 cm³/mol. The number of rotatable bonds is 2. The lowest BCUT2D eigenvalue weighted by Crippen LogP contribution is -1.81. The molecule has 0 aliphatic rings. The summed E-state index contributed by atoms with van der Waals surface area (Å²) in [6, 6.07) is 23.9. The normalized spacial score (nSPS) is 10.7. The number of hydrogen-bond acceptors (Lipinski definition) is 0. The van der Waals surface area contributed by atoms with Crippen LogP contribution in [0.5, 0.6) is 0 Å². The summed E-state index contributed by atoms with van der Waals surface area (Å²) in [4.78, 5) is 0. The minimum Gasteiger partial charge on any atom is -0.133 e. The fourth-order valence-electron chi connectivity index (χ4n) is 2.20. The van der Waals surface area contributed by atoms with E-state index in [1.54, 1.807) is 0 Å². The van der Waals surface area contributed by atoms with Gasteiger partial charge in [0.2, 0.25) is 0 Å². The summed E-state index contributed by atoms with van der Waals surface area (Å²) < 4.78 is 0. The molecular formula is C17H15P. The molecular weight excluding hydrogens is 235 g/mol. The summed E-state index contributed by atoms with van der Waals surface area (Å²) in [5.74, 6) is 0. The molecule has 0 nitrogen and oxygen atoms in total. The highest BCUT2D eigenvalue weighted by Gasteiger charge is 1.99. The molecule has 0 fully saturated rings. The SMILES string of the molecule is PCc1ccc(-c2ccc3ccccc3c2)cc1. The molecule has 1 unspecified atom stereocenters. The Balaban J connectivity index is 2.07. The lowest BCUT2D eigenvalue weighted by molar-refractivity contribution is 1.42. The van der Waals surface area contributed by atoms with Crippen LogP contribution >= 0.6 is 9.24 Å². The van der Waals surface area contributed by atoms with Crippen molar-refractivity contribution in [2.45, 2.75) is 6.16 Å². The zero-order chi connectivity index (χ0) is 12.4. The smallest absolute Gasteiger partial charge is 0.0128 e. The first kappa shape index (κ1) is 11.4. The summed E-state index contributed by atoms with van der Waals surface area (Å²) in [5, 5.41) is 2.59. The molecule has 3 aromatic carbocycles. The third kappa shape index (κ3) is 2.17. The molecule has 0 bridgehead atoms. The van der Waals surface area contributed by atoms with Crippen molar-refractivity contribution < 1.29 is 0 Å². The van der Waals surface area contributed by atoms with Gasteiger partial charge < -0.3 is 0 Å². The van der Waals surface area contributed by atoms with Gasteiger partial charge in [-0.1, -0.05) is 60.7 Å². The first-order valence-corrected chi connectivity index (χ1v) is 6.97. The zero-order valence-corrected chi connectivity index (χ0v) is 11.3. The van der Waals surface area contributed by atoms with Crippen LogP contribution < -0.4 is 0 Å². The van der Waals surface area contributed by atoms with Crippen molar-refractivity contribution in [1.29, 1.82) is 0 Å². The van der Waals surface area contributed by atoms with Crippen LogP contribution in [0, 0.1) is 0 Å². The van der Waals surface area contributed by atoms with Crippen molar-refractivity contribution in [2.24, 2.45) is 0 Å². The molecule has 0 aliphatic carbocycles. The predicted octanol–water partition coefficient (Wildman–Crippen LogP) is 4.88. The van der Waals surface area contributed by atoms with E-state index in [9.17, 15) is 0 Å². The summed E-state index contributed by atoms with van der Waals surface area (Å²) in [6.07, 6.45) is 1.01. The highest BCUT2D eigenvalue weighted by molar-refractivity contribution is 7.15. The van der Waals surface area contributed by atoms with Gasteiger partial charge in [0.1, 0.15) is 0 Å². The van der Waals surface area contributed by atoms with Crippen LogP contribution in [0.1, 0.15) is 5.56 Å². The second-order valence-corrected chi connectivity index (χ2v) is 4.87. The Kier molecular flexibility index (Phi) is 3.13. The zero-order valence-electron chi connectivity index (χ0n) is 10.1. The Morgan fingerprint density at radius 2 is 1.33 bits per heavy atom. The van der Waals surface area contributed by atoms with E-state index in [1.807, 2.05) is 0 Å². The second kappa shape index (κ2) is 4.92. The summed E-state index contributed by atoms with van der Waals surface area (Å²) in [6.45, 7) is 0. The van der Waals surface area contributed by atoms with E-state index in [0.29, 0.717) is 0 Å². The van der Waals surface area contributed by atoms with Crippen LogP contribution in [-0.2, 0) is 6.16 Å². The Labute approximate surface area is 110 Å². The van der Waals surface area contributed by atoms with Crippen LogP contribution in [0.25, 0.3) is 21.9 Å². The maximum atomic E-state index is 2.76. The Morgan fingerprint density at radius 1 is 0.667 bits per heavy atom. The first-order chi connectivity index (χ1) is 8.86. The van der Waals surface area contributed by atoms with Crippen LogP contribution in [0.3, 0.4) is 0 Å². The van der Waals surface area contributed by atoms with Gasteiger partial charge in [0.05, 0.1) is 0 Å². The van der Waals surface area contributed by atoms with Crippen molar-refractivity contribution in [3.8, 4) is 11.1 Å². The quantitative estimate of drug-likeness (QED) is 0.568. The molecule has 18 heavy (non-hydrogen) atoms. The highest BCUT2D eigenvalue weighted by atomic mass is 31.0. The van der Waals surface area contributed by atoms with Gasteiger partial charge in [0.25, 0.3) is 0 Å². The van der Waals surface area contributed by atoms with E-state index in [1.165, 1.54) is 27.5 Å². The minimum absolute atomic E-state index is 1.01. The Hall–Kier alpha value is -1.65. The van der Waals surface area contributed by atoms with E-state index in [-0.39, 0.29) is 0 Å². The topological polar surface area (TPSA) is 0 Å². The average molecular weight is 250 g/mol. The second-order valence-electron chi connectivity index (χ2n) is 4.46. The molecule has 1 heteroatoms. The van der Waals surface area contributed by atoms with Gasteiger partial charge in [0.15, 0.2) is 0 Å². The lowest BCUT2D eigenvalue weighted by Gasteiger charge is -2.05. The lowest BCUT2D eigenvalue weighted by atomic mass is 10.0. The summed E-state index contributed by atoms with van der Waals surface area (Å²) in [7, 11) is 2.76. The molecule has 0 saturated heterocycles. The minimum atomic E-state index is 1.01. The molecule has 0 amide bonds. The monoisotopic (exact) mass is 250 g/mol.